The van der Waals surface area contributed by atoms with E-state index in [1.807, 2.05) is 0 Å². The van der Waals surface area contributed by atoms with E-state index >= 15 is 0 Å². The minimum absolute atomic E-state index is 0.124. The summed E-state index contributed by atoms with van der Waals surface area (Å²) in [5.41, 5.74) is 0.297. The van der Waals surface area contributed by atoms with Crippen LogP contribution in [0.2, 0.25) is 0 Å². The van der Waals surface area contributed by atoms with Gasteiger partial charge in [-0.2, -0.15) is 8.78 Å². The minimum atomic E-state index is -3.64. The van der Waals surface area contributed by atoms with Crippen molar-refractivity contribution in [2.24, 2.45) is 0 Å². The van der Waals surface area contributed by atoms with Gasteiger partial charge in [0.1, 0.15) is 5.75 Å². The van der Waals surface area contributed by atoms with E-state index in [1.54, 1.807) is 12.1 Å². The summed E-state index contributed by atoms with van der Waals surface area (Å²) in [6.45, 7) is 1.32. The van der Waals surface area contributed by atoms with Gasteiger partial charge in [0.05, 0.1) is 13.7 Å². The molecule has 0 heterocycles. The van der Waals surface area contributed by atoms with Gasteiger partial charge >= 0.3 is 11.9 Å². The van der Waals surface area contributed by atoms with Crippen molar-refractivity contribution in [3.63, 3.8) is 0 Å². The summed E-state index contributed by atoms with van der Waals surface area (Å²) in [6, 6.07) is 6.11. The Hall–Kier alpha value is -1.98. The van der Waals surface area contributed by atoms with Gasteiger partial charge in [0.2, 0.25) is 0 Å². The van der Waals surface area contributed by atoms with E-state index < -0.39 is 30.5 Å². The van der Waals surface area contributed by atoms with Crippen molar-refractivity contribution in [3.05, 3.63) is 29.8 Å². The Morgan fingerprint density at radius 2 is 1.80 bits per heavy atom. The highest BCUT2D eigenvalue weighted by Crippen LogP contribution is 2.23. The first-order valence-electron chi connectivity index (χ1n) is 6.13. The van der Waals surface area contributed by atoms with Crippen LogP contribution in [0.4, 0.5) is 8.78 Å². The number of carbonyl (C=O) groups excluding carboxylic acids is 2. The highest BCUT2D eigenvalue weighted by Gasteiger charge is 2.40. The van der Waals surface area contributed by atoms with E-state index in [9.17, 15) is 18.4 Å². The van der Waals surface area contributed by atoms with Crippen molar-refractivity contribution in [3.8, 4) is 5.75 Å². The first-order valence-corrected chi connectivity index (χ1v) is 6.13. The van der Waals surface area contributed by atoms with Crippen LogP contribution >= 0.6 is 0 Å². The van der Waals surface area contributed by atoms with Gasteiger partial charge in [0.15, 0.2) is 5.78 Å². The Morgan fingerprint density at radius 1 is 1.20 bits per heavy atom. The van der Waals surface area contributed by atoms with Crippen LogP contribution in [0.1, 0.15) is 30.1 Å². The minimum Gasteiger partial charge on any atom is -0.497 e. The molecule has 6 heteroatoms. The van der Waals surface area contributed by atoms with E-state index in [4.69, 9.17) is 4.74 Å². The molecule has 1 aromatic carbocycles. The summed E-state index contributed by atoms with van der Waals surface area (Å²) in [4.78, 5) is 22.7. The second kappa shape index (κ2) is 6.98. The molecule has 0 N–H and O–H groups in total. The molecule has 110 valence electrons. The van der Waals surface area contributed by atoms with Crippen molar-refractivity contribution in [1.82, 2.24) is 0 Å². The van der Waals surface area contributed by atoms with E-state index in [2.05, 4.69) is 4.74 Å². The zero-order chi connectivity index (χ0) is 15.2. The first-order chi connectivity index (χ1) is 9.40. The third kappa shape index (κ3) is 4.29. The molecule has 0 aromatic heterocycles. The van der Waals surface area contributed by atoms with Crippen LogP contribution in [0, 0.1) is 0 Å². The third-order valence-electron chi connectivity index (χ3n) is 2.65. The van der Waals surface area contributed by atoms with Crippen molar-refractivity contribution in [2.75, 3.05) is 13.7 Å². The van der Waals surface area contributed by atoms with E-state index in [1.165, 1.54) is 26.2 Å². The maximum atomic E-state index is 13.4. The predicted molar refractivity (Wildman–Crippen MR) is 68.1 cm³/mol. The average Bonchev–Trinajstić information content (AvgIpc) is 2.45. The Bertz CT molecular complexity index is 469. The average molecular weight is 286 g/mol. The van der Waals surface area contributed by atoms with Crippen LogP contribution < -0.4 is 4.74 Å². The second-order valence-corrected chi connectivity index (χ2v) is 4.08. The van der Waals surface area contributed by atoms with Crippen LogP contribution in [0.15, 0.2) is 24.3 Å². The fourth-order valence-corrected chi connectivity index (χ4v) is 1.53. The zero-order valence-corrected chi connectivity index (χ0v) is 11.3. The van der Waals surface area contributed by atoms with Crippen LogP contribution in [0.5, 0.6) is 5.75 Å². The largest absolute Gasteiger partial charge is 0.497 e. The molecule has 0 spiro atoms. The van der Waals surface area contributed by atoms with E-state index in [0.717, 1.165) is 0 Å². The van der Waals surface area contributed by atoms with Gasteiger partial charge in [-0.05, 0) is 31.2 Å². The van der Waals surface area contributed by atoms with Gasteiger partial charge in [-0.1, -0.05) is 0 Å². The van der Waals surface area contributed by atoms with Crippen molar-refractivity contribution in [1.29, 1.82) is 0 Å². The van der Waals surface area contributed by atoms with Crippen LogP contribution in [-0.2, 0) is 9.53 Å². The lowest BCUT2D eigenvalue weighted by atomic mass is 10.0. The molecular formula is C14H16F2O4. The fraction of sp³-hybridized carbons (Fsp3) is 0.429. The summed E-state index contributed by atoms with van der Waals surface area (Å²) in [7, 11) is 1.48. The summed E-state index contributed by atoms with van der Waals surface area (Å²) < 4.78 is 35.9. The Kier molecular flexibility index (Phi) is 5.61. The number of esters is 1. The lowest BCUT2D eigenvalue weighted by molar-refractivity contribution is -0.172. The summed E-state index contributed by atoms with van der Waals surface area (Å²) in [5, 5.41) is 0. The number of carbonyl (C=O) groups is 2. The molecule has 0 bridgehead atoms. The molecule has 0 aliphatic heterocycles. The molecule has 4 nitrogen and oxygen atoms in total. The number of hydrogen-bond donors (Lipinski definition) is 0. The van der Waals surface area contributed by atoms with Gasteiger partial charge in [-0.3, -0.25) is 4.79 Å². The number of benzene rings is 1. The maximum absolute atomic E-state index is 13.4. The Morgan fingerprint density at radius 3 is 2.30 bits per heavy atom. The van der Waals surface area contributed by atoms with E-state index in [-0.39, 0.29) is 6.61 Å². The maximum Gasteiger partial charge on any atom is 0.376 e. The Balaban J connectivity index is 2.59. The standard InChI is InChI=1S/C14H16F2O4/c1-3-20-13(18)14(15,16)9-8-12(17)10-4-6-11(19-2)7-5-10/h4-7H,3,8-9H2,1-2H3. The molecule has 20 heavy (non-hydrogen) atoms. The number of ether oxygens (including phenoxy) is 2. The van der Waals surface area contributed by atoms with Gasteiger partial charge < -0.3 is 9.47 Å². The molecule has 1 rings (SSSR count). The van der Waals surface area contributed by atoms with Crippen LogP contribution in [-0.4, -0.2) is 31.4 Å². The molecule has 0 aliphatic rings. The van der Waals surface area contributed by atoms with Crippen molar-refractivity contribution in [2.45, 2.75) is 25.7 Å². The fourth-order valence-electron chi connectivity index (χ4n) is 1.53. The molecule has 0 fully saturated rings. The topological polar surface area (TPSA) is 52.6 Å². The molecule has 0 saturated heterocycles. The first kappa shape index (κ1) is 16.1. The zero-order valence-electron chi connectivity index (χ0n) is 11.3. The second-order valence-electron chi connectivity index (χ2n) is 4.08. The lowest BCUT2D eigenvalue weighted by Crippen LogP contribution is -2.31. The molecule has 0 unspecified atom stereocenters. The number of alkyl halides is 2. The van der Waals surface area contributed by atoms with Crippen molar-refractivity contribution >= 4 is 11.8 Å². The SMILES string of the molecule is CCOC(=O)C(F)(F)CCC(=O)c1ccc(OC)cc1. The van der Waals surface area contributed by atoms with Gasteiger partial charge in [-0.25, -0.2) is 4.79 Å². The van der Waals surface area contributed by atoms with Gasteiger partial charge in [0, 0.05) is 18.4 Å². The highest BCUT2D eigenvalue weighted by atomic mass is 19.3. The third-order valence-corrected chi connectivity index (χ3v) is 2.65. The molecule has 0 aliphatic carbocycles. The molecule has 1 aromatic rings. The number of rotatable bonds is 7. The van der Waals surface area contributed by atoms with E-state index in [0.29, 0.717) is 11.3 Å². The predicted octanol–water partition coefficient (Wildman–Crippen LogP) is 2.86. The number of halogens is 2. The number of ketones is 1. The van der Waals surface area contributed by atoms with Gasteiger partial charge in [0.25, 0.3) is 0 Å². The molecule has 0 atom stereocenters. The number of Topliss-reactive ketones (excluding diaryl/α,β-unsaturated/α-hetero) is 1. The molecule has 0 saturated carbocycles. The number of methoxy groups -OCH3 is 1. The number of hydrogen-bond acceptors (Lipinski definition) is 4. The summed E-state index contributed by atoms with van der Waals surface area (Å²) in [6.07, 6.45) is -1.30. The highest BCUT2D eigenvalue weighted by molar-refractivity contribution is 5.96. The monoisotopic (exact) mass is 286 g/mol. The quantitative estimate of drug-likeness (QED) is 0.571. The summed E-state index contributed by atoms with van der Waals surface area (Å²) >= 11 is 0. The summed E-state index contributed by atoms with van der Waals surface area (Å²) in [5.74, 6) is -5.13. The smallest absolute Gasteiger partial charge is 0.376 e. The van der Waals surface area contributed by atoms with Gasteiger partial charge in [-0.15, -0.1) is 0 Å². The van der Waals surface area contributed by atoms with Crippen molar-refractivity contribution < 1.29 is 27.8 Å². The normalized spacial score (nSPS) is 11.0. The van der Waals surface area contributed by atoms with Crippen LogP contribution in [0.3, 0.4) is 0 Å². The lowest BCUT2D eigenvalue weighted by Gasteiger charge is -2.13. The molecule has 0 amide bonds. The molecular weight excluding hydrogens is 270 g/mol. The Labute approximate surface area is 115 Å². The van der Waals surface area contributed by atoms with Crippen LogP contribution in [0.25, 0.3) is 0 Å². The molecule has 0 radical (unpaired) electrons.